The zero-order valence-corrected chi connectivity index (χ0v) is 15.0. The van der Waals surface area contributed by atoms with E-state index in [1.807, 2.05) is 0 Å². The van der Waals surface area contributed by atoms with Crippen LogP contribution in [0.3, 0.4) is 0 Å². The zero-order valence-electron chi connectivity index (χ0n) is 15.0. The van der Waals surface area contributed by atoms with Crippen molar-refractivity contribution < 1.29 is 0 Å². The van der Waals surface area contributed by atoms with E-state index in [9.17, 15) is 0 Å². The van der Waals surface area contributed by atoms with Crippen LogP contribution in [-0.4, -0.2) is 12.6 Å². The summed E-state index contributed by atoms with van der Waals surface area (Å²) in [4.78, 5) is 0. The molecule has 0 aliphatic rings. The lowest BCUT2D eigenvalue weighted by Gasteiger charge is -2.22. The van der Waals surface area contributed by atoms with Gasteiger partial charge in [-0.25, -0.2) is 0 Å². The van der Waals surface area contributed by atoms with Crippen LogP contribution < -0.4 is 5.32 Å². The largest absolute Gasteiger partial charge is 0.314 e. The molecule has 0 saturated heterocycles. The minimum atomic E-state index is 0.246. The second-order valence-electron chi connectivity index (χ2n) is 7.77. The molecule has 1 N–H and O–H groups in total. The van der Waals surface area contributed by atoms with E-state index in [4.69, 9.17) is 0 Å². The number of nitrogens with one attached hydrogen (secondary N) is 1. The van der Waals surface area contributed by atoms with E-state index in [1.165, 1.54) is 30.4 Å². The van der Waals surface area contributed by atoms with Gasteiger partial charge in [-0.15, -0.1) is 0 Å². The van der Waals surface area contributed by atoms with Crippen molar-refractivity contribution >= 4 is 0 Å². The second kappa shape index (κ2) is 8.58. The number of benzene rings is 1. The van der Waals surface area contributed by atoms with Gasteiger partial charge in [0, 0.05) is 6.04 Å². The molecule has 0 heterocycles. The fourth-order valence-corrected chi connectivity index (χ4v) is 2.58. The highest BCUT2D eigenvalue weighted by Crippen LogP contribution is 2.22. The summed E-state index contributed by atoms with van der Waals surface area (Å²) in [5, 5.41) is 3.72. The molecule has 0 aliphatic carbocycles. The Morgan fingerprint density at radius 1 is 1.00 bits per heavy atom. The molecule has 1 unspecified atom stereocenters. The van der Waals surface area contributed by atoms with Crippen molar-refractivity contribution in [3.8, 4) is 0 Å². The highest BCUT2D eigenvalue weighted by molar-refractivity contribution is 5.28. The van der Waals surface area contributed by atoms with Gasteiger partial charge in [-0.2, -0.15) is 0 Å². The van der Waals surface area contributed by atoms with Crippen LogP contribution in [0.4, 0.5) is 0 Å². The first kappa shape index (κ1) is 18.2. The van der Waals surface area contributed by atoms with Crippen LogP contribution in [0.1, 0.15) is 71.9 Å². The van der Waals surface area contributed by atoms with Crippen LogP contribution in [-0.2, 0) is 11.8 Å². The maximum absolute atomic E-state index is 3.72. The summed E-state index contributed by atoms with van der Waals surface area (Å²) < 4.78 is 0. The van der Waals surface area contributed by atoms with Crippen LogP contribution in [0.2, 0.25) is 0 Å². The maximum Gasteiger partial charge on any atom is 0.0108 e. The summed E-state index contributed by atoms with van der Waals surface area (Å²) in [5.74, 6) is 0.791. The van der Waals surface area contributed by atoms with Gasteiger partial charge in [0.2, 0.25) is 0 Å². The van der Waals surface area contributed by atoms with E-state index in [0.29, 0.717) is 6.04 Å². The Balaban J connectivity index is 2.64. The molecule has 0 spiro atoms. The lowest BCUT2D eigenvalue weighted by atomic mass is 9.86. The lowest BCUT2D eigenvalue weighted by Crippen LogP contribution is -2.32. The van der Waals surface area contributed by atoms with Crippen molar-refractivity contribution in [2.75, 3.05) is 6.54 Å². The number of hydrogen-bond donors (Lipinski definition) is 1. The highest BCUT2D eigenvalue weighted by Gasteiger charge is 2.14. The van der Waals surface area contributed by atoms with Gasteiger partial charge in [-0.05, 0) is 54.7 Å². The van der Waals surface area contributed by atoms with E-state index >= 15 is 0 Å². The number of hydrogen-bond acceptors (Lipinski definition) is 1. The van der Waals surface area contributed by atoms with E-state index in [2.05, 4.69) is 71.1 Å². The van der Waals surface area contributed by atoms with Crippen molar-refractivity contribution in [1.82, 2.24) is 5.32 Å². The monoisotopic (exact) mass is 289 g/mol. The molecule has 0 radical (unpaired) electrons. The molecule has 21 heavy (non-hydrogen) atoms. The summed E-state index contributed by atoms with van der Waals surface area (Å²) in [7, 11) is 0. The summed E-state index contributed by atoms with van der Waals surface area (Å²) in [6.07, 6.45) is 4.94. The molecule has 0 aromatic heterocycles. The lowest BCUT2D eigenvalue weighted by molar-refractivity contribution is 0.427. The molecule has 0 amide bonds. The van der Waals surface area contributed by atoms with Crippen LogP contribution in [0.25, 0.3) is 0 Å². The van der Waals surface area contributed by atoms with Crippen molar-refractivity contribution in [2.45, 2.75) is 78.7 Å². The molecule has 1 heteroatoms. The Labute approximate surface area is 132 Å². The third-order valence-corrected chi connectivity index (χ3v) is 4.08. The van der Waals surface area contributed by atoms with Gasteiger partial charge in [0.1, 0.15) is 0 Å². The third-order valence-electron chi connectivity index (χ3n) is 4.08. The standard InChI is InChI=1S/C20H35N/c1-7-14-21-19(13-8-16(2)3)15-17-9-11-18(12-10-17)20(4,5)6/h9-12,16,19,21H,7-8,13-15H2,1-6H3. The van der Waals surface area contributed by atoms with Gasteiger partial charge in [0.15, 0.2) is 0 Å². The van der Waals surface area contributed by atoms with Gasteiger partial charge in [-0.3, -0.25) is 0 Å². The van der Waals surface area contributed by atoms with E-state index in [1.54, 1.807) is 0 Å². The molecular weight excluding hydrogens is 254 g/mol. The summed E-state index contributed by atoms with van der Waals surface area (Å²) in [6.45, 7) is 14.8. The molecule has 0 bridgehead atoms. The topological polar surface area (TPSA) is 12.0 Å². The van der Waals surface area contributed by atoms with Gasteiger partial charge in [0.25, 0.3) is 0 Å². The first-order chi connectivity index (χ1) is 9.82. The van der Waals surface area contributed by atoms with Gasteiger partial charge in [0.05, 0.1) is 0 Å². The molecule has 120 valence electrons. The van der Waals surface area contributed by atoms with Crippen molar-refractivity contribution in [3.05, 3.63) is 35.4 Å². The highest BCUT2D eigenvalue weighted by atomic mass is 14.9. The van der Waals surface area contributed by atoms with Crippen molar-refractivity contribution in [1.29, 1.82) is 0 Å². The predicted octanol–water partition coefficient (Wildman–Crippen LogP) is 5.33. The van der Waals surface area contributed by atoms with Crippen LogP contribution in [0.15, 0.2) is 24.3 Å². The molecule has 0 saturated carbocycles. The average Bonchev–Trinajstić information content (AvgIpc) is 2.41. The second-order valence-corrected chi connectivity index (χ2v) is 7.77. The Morgan fingerprint density at radius 3 is 2.10 bits per heavy atom. The van der Waals surface area contributed by atoms with Gasteiger partial charge >= 0.3 is 0 Å². The zero-order chi connectivity index (χ0) is 15.9. The Morgan fingerprint density at radius 2 is 1.62 bits per heavy atom. The molecule has 0 fully saturated rings. The third kappa shape index (κ3) is 7.13. The van der Waals surface area contributed by atoms with E-state index < -0.39 is 0 Å². The summed E-state index contributed by atoms with van der Waals surface area (Å²) in [6, 6.07) is 9.85. The van der Waals surface area contributed by atoms with Crippen molar-refractivity contribution in [3.63, 3.8) is 0 Å². The summed E-state index contributed by atoms with van der Waals surface area (Å²) in [5.41, 5.74) is 3.13. The fourth-order valence-electron chi connectivity index (χ4n) is 2.58. The van der Waals surface area contributed by atoms with Gasteiger partial charge in [-0.1, -0.05) is 65.8 Å². The van der Waals surface area contributed by atoms with E-state index in [-0.39, 0.29) is 5.41 Å². The summed E-state index contributed by atoms with van der Waals surface area (Å²) >= 11 is 0. The SMILES string of the molecule is CCCNC(CCC(C)C)Cc1ccc(C(C)(C)C)cc1. The minimum absolute atomic E-state index is 0.246. The molecule has 1 aromatic rings. The Bertz CT molecular complexity index is 383. The fraction of sp³-hybridized carbons (Fsp3) is 0.700. The first-order valence-electron chi connectivity index (χ1n) is 8.65. The predicted molar refractivity (Wildman–Crippen MR) is 95.0 cm³/mol. The van der Waals surface area contributed by atoms with Gasteiger partial charge < -0.3 is 5.32 Å². The Hall–Kier alpha value is -0.820. The minimum Gasteiger partial charge on any atom is -0.314 e. The molecule has 0 aliphatic heterocycles. The smallest absolute Gasteiger partial charge is 0.0108 e. The molecule has 1 aromatic carbocycles. The average molecular weight is 290 g/mol. The molecule has 1 atom stereocenters. The molecule has 1 rings (SSSR count). The van der Waals surface area contributed by atoms with Crippen LogP contribution >= 0.6 is 0 Å². The maximum atomic E-state index is 3.72. The van der Waals surface area contributed by atoms with E-state index in [0.717, 1.165) is 18.9 Å². The Kier molecular flexibility index (Phi) is 7.45. The van der Waals surface area contributed by atoms with Crippen LogP contribution in [0, 0.1) is 5.92 Å². The molecule has 1 nitrogen and oxygen atoms in total. The quantitative estimate of drug-likeness (QED) is 0.682. The first-order valence-corrected chi connectivity index (χ1v) is 8.65. The van der Waals surface area contributed by atoms with Crippen LogP contribution in [0.5, 0.6) is 0 Å². The normalized spacial score (nSPS) is 13.7. The molecular formula is C20H35N. The number of rotatable bonds is 8. The van der Waals surface area contributed by atoms with Crippen molar-refractivity contribution in [2.24, 2.45) is 5.92 Å².